The van der Waals surface area contributed by atoms with Gasteiger partial charge in [-0.2, -0.15) is 0 Å². The Hall–Kier alpha value is -1.86. The normalized spacial score (nSPS) is 15.9. The molecule has 0 aromatic heterocycles. The number of fused-ring (bicyclic) bond motifs is 1. The van der Waals surface area contributed by atoms with Gasteiger partial charge in [-0.1, -0.05) is 0 Å². The molecule has 0 atom stereocenters. The number of rotatable bonds is 6. The van der Waals surface area contributed by atoms with Crippen molar-refractivity contribution in [3.63, 3.8) is 0 Å². The van der Waals surface area contributed by atoms with Gasteiger partial charge in [-0.25, -0.2) is 5.43 Å². The van der Waals surface area contributed by atoms with Gasteiger partial charge in [0.15, 0.2) is 0 Å². The highest BCUT2D eigenvalue weighted by molar-refractivity contribution is 6.63. The summed E-state index contributed by atoms with van der Waals surface area (Å²) in [5.74, 6) is 0.586. The molecule has 1 aliphatic rings. The molecule has 0 radical (unpaired) electrons. The number of hydrogen-bond acceptors (Lipinski definition) is 6. The monoisotopic (exact) mass is 327 g/mol. The number of benzene rings is 1. The third-order valence-electron chi connectivity index (χ3n) is 3.22. The number of anilines is 1. The number of hydrogen-bond donors (Lipinski definition) is 1. The number of halogens is 1. The summed E-state index contributed by atoms with van der Waals surface area (Å²) in [6.45, 7) is 4.94. The summed E-state index contributed by atoms with van der Waals surface area (Å²) in [5, 5.41) is 12.4. The molecule has 0 amide bonds. The van der Waals surface area contributed by atoms with Crippen LogP contribution in [0.1, 0.15) is 26.7 Å². The molecule has 0 spiro atoms. The topological polar surface area (TPSA) is 84.7 Å². The van der Waals surface area contributed by atoms with Crippen LogP contribution in [0.2, 0.25) is 0 Å². The fourth-order valence-corrected chi connectivity index (χ4v) is 2.43. The minimum absolute atomic E-state index is 0.00444. The van der Waals surface area contributed by atoms with Crippen LogP contribution in [0, 0.1) is 10.1 Å². The molecule has 0 aliphatic carbocycles. The number of non-ortho nitro benzene ring substituents is 1. The standard InChI is InChI=1S/C14H18ClN3O4/c1-14(2)9-17(16-7-3-4-13(15)19)11-8-10(18(20)21)5-6-12(11)22-14/h5-6,8,16H,3-4,7,9H2,1-2H3. The predicted octanol–water partition coefficient (Wildman–Crippen LogP) is 2.62. The lowest BCUT2D eigenvalue weighted by atomic mass is 10.1. The fraction of sp³-hybridized carbons (Fsp3) is 0.500. The van der Waals surface area contributed by atoms with Crippen LogP contribution in [0.15, 0.2) is 18.2 Å². The second-order valence-electron chi connectivity index (χ2n) is 5.72. The van der Waals surface area contributed by atoms with Crippen molar-refractivity contribution in [1.29, 1.82) is 0 Å². The molecule has 120 valence electrons. The molecule has 1 heterocycles. The van der Waals surface area contributed by atoms with E-state index in [1.807, 2.05) is 18.9 Å². The smallest absolute Gasteiger partial charge is 0.271 e. The maximum atomic E-state index is 10.9. The molecule has 0 bridgehead atoms. The highest BCUT2D eigenvalue weighted by Crippen LogP contribution is 2.38. The largest absolute Gasteiger partial charge is 0.484 e. The first-order valence-corrected chi connectivity index (χ1v) is 7.33. The molecule has 0 saturated carbocycles. The maximum Gasteiger partial charge on any atom is 0.271 e. The van der Waals surface area contributed by atoms with Gasteiger partial charge in [0.2, 0.25) is 5.24 Å². The Morgan fingerprint density at radius 3 is 2.91 bits per heavy atom. The zero-order valence-electron chi connectivity index (χ0n) is 12.5. The Labute approximate surface area is 133 Å². The molecule has 22 heavy (non-hydrogen) atoms. The summed E-state index contributed by atoms with van der Waals surface area (Å²) in [5.41, 5.74) is 3.36. The van der Waals surface area contributed by atoms with Gasteiger partial charge in [-0.3, -0.25) is 14.9 Å². The first-order valence-electron chi connectivity index (χ1n) is 6.95. The SMILES string of the molecule is CC1(C)CN(NCCCC(=O)Cl)c2cc([N+](=O)[O-])ccc2O1. The fourth-order valence-electron chi connectivity index (χ4n) is 2.29. The molecule has 0 saturated heterocycles. The summed E-state index contributed by atoms with van der Waals surface area (Å²) < 4.78 is 5.85. The van der Waals surface area contributed by atoms with Gasteiger partial charge in [0.05, 0.1) is 11.5 Å². The molecule has 1 aliphatic heterocycles. The van der Waals surface area contributed by atoms with Crippen molar-refractivity contribution in [3.05, 3.63) is 28.3 Å². The van der Waals surface area contributed by atoms with Crippen LogP contribution in [0.3, 0.4) is 0 Å². The molecular weight excluding hydrogens is 310 g/mol. The van der Waals surface area contributed by atoms with Crippen molar-refractivity contribution in [2.75, 3.05) is 18.1 Å². The molecule has 1 aromatic carbocycles. The van der Waals surface area contributed by atoms with Crippen LogP contribution in [-0.2, 0) is 4.79 Å². The van der Waals surface area contributed by atoms with E-state index in [4.69, 9.17) is 16.3 Å². The summed E-state index contributed by atoms with van der Waals surface area (Å²) in [6.07, 6.45) is 0.870. The van der Waals surface area contributed by atoms with E-state index in [1.54, 1.807) is 6.07 Å². The second-order valence-corrected chi connectivity index (χ2v) is 6.15. The third kappa shape index (κ3) is 4.08. The molecular formula is C14H18ClN3O4. The van der Waals surface area contributed by atoms with Gasteiger partial charge < -0.3 is 9.75 Å². The molecule has 0 unspecified atom stereocenters. The number of nitro groups is 1. The number of ether oxygens (including phenoxy) is 1. The first kappa shape index (κ1) is 16.5. The molecule has 1 aromatic rings. The third-order valence-corrected chi connectivity index (χ3v) is 3.41. The lowest BCUT2D eigenvalue weighted by molar-refractivity contribution is -0.384. The maximum absolute atomic E-state index is 10.9. The van der Waals surface area contributed by atoms with Crippen molar-refractivity contribution in [3.8, 4) is 5.75 Å². The van der Waals surface area contributed by atoms with E-state index < -0.39 is 10.5 Å². The quantitative estimate of drug-likeness (QED) is 0.374. The van der Waals surface area contributed by atoms with Gasteiger partial charge in [-0.15, -0.1) is 0 Å². The van der Waals surface area contributed by atoms with E-state index >= 15 is 0 Å². The highest BCUT2D eigenvalue weighted by atomic mass is 35.5. The zero-order chi connectivity index (χ0) is 16.3. The van der Waals surface area contributed by atoms with Crippen molar-refractivity contribution in [2.45, 2.75) is 32.3 Å². The summed E-state index contributed by atoms with van der Waals surface area (Å²) >= 11 is 5.31. The Kier molecular flexibility index (Phi) is 4.87. The molecule has 1 N–H and O–H groups in total. The van der Waals surface area contributed by atoms with Crippen LogP contribution >= 0.6 is 11.6 Å². The average Bonchev–Trinajstić information content (AvgIpc) is 2.41. The molecule has 7 nitrogen and oxygen atoms in total. The van der Waals surface area contributed by atoms with Gasteiger partial charge >= 0.3 is 0 Å². The van der Waals surface area contributed by atoms with E-state index in [2.05, 4.69) is 5.43 Å². The van der Waals surface area contributed by atoms with Crippen molar-refractivity contribution >= 4 is 28.2 Å². The summed E-state index contributed by atoms with van der Waals surface area (Å²) in [7, 11) is 0. The number of carbonyl (C=O) groups is 1. The van der Waals surface area contributed by atoms with Crippen LogP contribution in [0.25, 0.3) is 0 Å². The molecule has 0 fully saturated rings. The Morgan fingerprint density at radius 1 is 1.55 bits per heavy atom. The van der Waals surface area contributed by atoms with E-state index in [9.17, 15) is 14.9 Å². The van der Waals surface area contributed by atoms with Crippen LogP contribution in [0.4, 0.5) is 11.4 Å². The number of nitrogens with zero attached hydrogens (tertiary/aromatic N) is 2. The van der Waals surface area contributed by atoms with Gasteiger partial charge in [0.25, 0.3) is 5.69 Å². The van der Waals surface area contributed by atoms with E-state index in [0.29, 0.717) is 30.9 Å². The predicted molar refractivity (Wildman–Crippen MR) is 83.2 cm³/mol. The minimum Gasteiger partial charge on any atom is -0.484 e. The Balaban J connectivity index is 2.17. The minimum atomic E-state index is -0.440. The number of nitro benzene ring substituents is 1. The Morgan fingerprint density at radius 2 is 2.27 bits per heavy atom. The zero-order valence-corrected chi connectivity index (χ0v) is 13.2. The van der Waals surface area contributed by atoms with Crippen LogP contribution in [-0.4, -0.2) is 28.9 Å². The van der Waals surface area contributed by atoms with Gasteiger partial charge in [0, 0.05) is 25.1 Å². The summed E-state index contributed by atoms with van der Waals surface area (Å²) in [4.78, 5) is 21.2. The number of nitrogens with one attached hydrogen (secondary N) is 1. The van der Waals surface area contributed by atoms with Gasteiger partial charge in [0.1, 0.15) is 17.0 Å². The highest BCUT2D eigenvalue weighted by Gasteiger charge is 2.32. The lowest BCUT2D eigenvalue weighted by Crippen LogP contribution is -2.52. The Bertz CT molecular complexity index is 591. The first-order chi connectivity index (χ1) is 10.3. The van der Waals surface area contributed by atoms with E-state index in [1.165, 1.54) is 12.1 Å². The van der Waals surface area contributed by atoms with Crippen LogP contribution in [0.5, 0.6) is 5.75 Å². The molecule has 8 heteroatoms. The number of carbonyl (C=O) groups excluding carboxylic acids is 1. The van der Waals surface area contributed by atoms with E-state index in [0.717, 1.165) is 0 Å². The van der Waals surface area contributed by atoms with Gasteiger partial charge in [-0.05, 0) is 37.9 Å². The van der Waals surface area contributed by atoms with Crippen molar-refractivity contribution < 1.29 is 14.5 Å². The van der Waals surface area contributed by atoms with E-state index in [-0.39, 0.29) is 17.4 Å². The number of hydrazine groups is 1. The second kappa shape index (κ2) is 6.50. The average molecular weight is 328 g/mol. The molecule has 2 rings (SSSR count). The summed E-state index contributed by atoms with van der Waals surface area (Å²) in [6, 6.07) is 4.50. The van der Waals surface area contributed by atoms with Crippen molar-refractivity contribution in [2.24, 2.45) is 0 Å². The van der Waals surface area contributed by atoms with Crippen molar-refractivity contribution in [1.82, 2.24) is 5.43 Å². The van der Waals surface area contributed by atoms with Crippen LogP contribution < -0.4 is 15.2 Å². The lowest BCUT2D eigenvalue weighted by Gasteiger charge is -2.40.